The Bertz CT molecular complexity index is 553. The van der Waals surface area contributed by atoms with E-state index in [0.29, 0.717) is 0 Å². The molecule has 21 heavy (non-hydrogen) atoms. The summed E-state index contributed by atoms with van der Waals surface area (Å²) in [5, 5.41) is 7.74. The molecule has 1 heterocycles. The van der Waals surface area contributed by atoms with Crippen molar-refractivity contribution < 1.29 is 0 Å². The number of hydrogen-bond acceptors (Lipinski definition) is 3. The molecule has 1 aromatic heterocycles. The smallest absolute Gasteiger partial charge is 0.0537 e. The van der Waals surface area contributed by atoms with Crippen molar-refractivity contribution in [3.63, 3.8) is 0 Å². The molecule has 2 rings (SSSR count). The number of benzene rings is 1. The van der Waals surface area contributed by atoms with Gasteiger partial charge in [0.15, 0.2) is 0 Å². The van der Waals surface area contributed by atoms with Gasteiger partial charge in [-0.25, -0.2) is 0 Å². The summed E-state index contributed by atoms with van der Waals surface area (Å²) < 4.78 is 1.91. The molecule has 0 fully saturated rings. The van der Waals surface area contributed by atoms with Crippen LogP contribution in [0.3, 0.4) is 0 Å². The molecule has 0 aliphatic rings. The van der Waals surface area contributed by atoms with Gasteiger partial charge in [0, 0.05) is 50.2 Å². The van der Waals surface area contributed by atoms with E-state index < -0.39 is 0 Å². The summed E-state index contributed by atoms with van der Waals surface area (Å²) in [6, 6.07) is 8.83. The topological polar surface area (TPSA) is 33.1 Å². The van der Waals surface area contributed by atoms with E-state index in [-0.39, 0.29) is 0 Å². The van der Waals surface area contributed by atoms with Gasteiger partial charge in [-0.05, 0) is 38.5 Å². The minimum atomic E-state index is 0.859. The van der Waals surface area contributed by atoms with E-state index in [4.69, 9.17) is 0 Å². The number of anilines is 1. The van der Waals surface area contributed by atoms with Crippen molar-refractivity contribution in [3.05, 3.63) is 47.3 Å². The molecule has 4 heteroatoms. The maximum atomic E-state index is 4.26. The first-order chi connectivity index (χ1) is 10.2. The van der Waals surface area contributed by atoms with Crippen LogP contribution in [-0.2, 0) is 20.1 Å². The Labute approximate surface area is 127 Å². The van der Waals surface area contributed by atoms with Gasteiger partial charge in [0.05, 0.1) is 6.20 Å². The van der Waals surface area contributed by atoms with Crippen molar-refractivity contribution in [1.82, 2.24) is 15.1 Å². The number of nitrogens with zero attached hydrogens (tertiary/aromatic N) is 3. The third-order valence-corrected chi connectivity index (χ3v) is 4.05. The average Bonchev–Trinajstić information content (AvgIpc) is 2.82. The van der Waals surface area contributed by atoms with Crippen molar-refractivity contribution in [2.45, 2.75) is 33.9 Å². The molecule has 0 bridgehead atoms. The van der Waals surface area contributed by atoms with E-state index in [1.807, 2.05) is 17.9 Å². The van der Waals surface area contributed by atoms with Gasteiger partial charge in [-0.15, -0.1) is 0 Å². The second-order valence-electron chi connectivity index (χ2n) is 5.32. The van der Waals surface area contributed by atoms with Crippen LogP contribution in [0.15, 0.2) is 30.5 Å². The van der Waals surface area contributed by atoms with Gasteiger partial charge < -0.3 is 10.2 Å². The summed E-state index contributed by atoms with van der Waals surface area (Å²) >= 11 is 0. The van der Waals surface area contributed by atoms with Crippen LogP contribution in [0.5, 0.6) is 0 Å². The fraction of sp³-hybridized carbons (Fsp3) is 0.471. The van der Waals surface area contributed by atoms with E-state index in [9.17, 15) is 0 Å². The molecule has 0 saturated carbocycles. The highest BCUT2D eigenvalue weighted by Gasteiger charge is 2.04. The fourth-order valence-corrected chi connectivity index (χ4v) is 2.47. The Balaban J connectivity index is 1.88. The highest BCUT2D eigenvalue weighted by Crippen LogP contribution is 2.15. The molecule has 0 unspecified atom stereocenters. The van der Waals surface area contributed by atoms with E-state index >= 15 is 0 Å². The first-order valence-corrected chi connectivity index (χ1v) is 7.67. The van der Waals surface area contributed by atoms with Crippen molar-refractivity contribution in [2.75, 3.05) is 18.0 Å². The van der Waals surface area contributed by atoms with Crippen molar-refractivity contribution in [3.8, 4) is 0 Å². The Morgan fingerprint density at radius 2 is 1.76 bits per heavy atom. The minimum absolute atomic E-state index is 0.859. The molecule has 1 aromatic carbocycles. The van der Waals surface area contributed by atoms with Crippen molar-refractivity contribution in [2.24, 2.45) is 7.05 Å². The molecule has 0 atom stereocenters. The number of aryl methyl sites for hydroxylation is 1. The second kappa shape index (κ2) is 7.27. The Morgan fingerprint density at radius 3 is 2.29 bits per heavy atom. The molecule has 2 aromatic rings. The van der Waals surface area contributed by atoms with Gasteiger partial charge in [0.1, 0.15) is 0 Å². The monoisotopic (exact) mass is 286 g/mol. The van der Waals surface area contributed by atoms with Crippen molar-refractivity contribution in [1.29, 1.82) is 0 Å². The van der Waals surface area contributed by atoms with Gasteiger partial charge in [-0.3, -0.25) is 4.68 Å². The molecule has 0 saturated heterocycles. The van der Waals surface area contributed by atoms with Crippen LogP contribution < -0.4 is 10.2 Å². The van der Waals surface area contributed by atoms with Gasteiger partial charge in [-0.2, -0.15) is 5.10 Å². The summed E-state index contributed by atoms with van der Waals surface area (Å²) in [6.07, 6.45) is 1.94. The number of aromatic nitrogens is 2. The third kappa shape index (κ3) is 3.85. The lowest BCUT2D eigenvalue weighted by atomic mass is 10.2. The number of nitrogens with one attached hydrogen (secondary N) is 1. The Hall–Kier alpha value is -1.81. The summed E-state index contributed by atoms with van der Waals surface area (Å²) in [5.41, 5.74) is 5.09. The molecular formula is C17H26N4. The molecule has 0 radical (unpaired) electrons. The predicted octanol–water partition coefficient (Wildman–Crippen LogP) is 2.86. The SMILES string of the molecule is CCN(CC)c1ccc(CNCc2cnn(C)c2C)cc1. The van der Waals surface area contributed by atoms with E-state index in [1.165, 1.54) is 22.5 Å². The molecule has 4 nitrogen and oxygen atoms in total. The molecule has 0 amide bonds. The largest absolute Gasteiger partial charge is 0.372 e. The predicted molar refractivity (Wildman–Crippen MR) is 88.5 cm³/mol. The second-order valence-corrected chi connectivity index (χ2v) is 5.32. The highest BCUT2D eigenvalue weighted by molar-refractivity contribution is 5.47. The first kappa shape index (κ1) is 15.6. The maximum Gasteiger partial charge on any atom is 0.0537 e. The molecular weight excluding hydrogens is 260 g/mol. The van der Waals surface area contributed by atoms with Crippen LogP contribution in [0, 0.1) is 6.92 Å². The fourth-order valence-electron chi connectivity index (χ4n) is 2.47. The molecule has 0 aliphatic heterocycles. The lowest BCUT2D eigenvalue weighted by Gasteiger charge is -2.21. The van der Waals surface area contributed by atoms with E-state index in [0.717, 1.165) is 26.2 Å². The zero-order valence-corrected chi connectivity index (χ0v) is 13.6. The minimum Gasteiger partial charge on any atom is -0.372 e. The summed E-state index contributed by atoms with van der Waals surface area (Å²) in [6.45, 7) is 10.3. The van der Waals surface area contributed by atoms with Crippen LogP contribution >= 0.6 is 0 Å². The normalized spacial score (nSPS) is 10.9. The van der Waals surface area contributed by atoms with Crippen LogP contribution in [0.2, 0.25) is 0 Å². The highest BCUT2D eigenvalue weighted by atomic mass is 15.3. The Kier molecular flexibility index (Phi) is 5.39. The lowest BCUT2D eigenvalue weighted by Crippen LogP contribution is -2.21. The average molecular weight is 286 g/mol. The zero-order valence-electron chi connectivity index (χ0n) is 13.6. The molecule has 0 spiro atoms. The van der Waals surface area contributed by atoms with Crippen LogP contribution in [-0.4, -0.2) is 22.9 Å². The Morgan fingerprint density at radius 1 is 1.10 bits per heavy atom. The van der Waals surface area contributed by atoms with Crippen LogP contribution in [0.25, 0.3) is 0 Å². The van der Waals surface area contributed by atoms with E-state index in [1.54, 1.807) is 0 Å². The quantitative estimate of drug-likeness (QED) is 0.849. The molecule has 1 N–H and O–H groups in total. The van der Waals surface area contributed by atoms with E-state index in [2.05, 4.69) is 60.4 Å². The third-order valence-electron chi connectivity index (χ3n) is 4.05. The molecule has 114 valence electrons. The van der Waals surface area contributed by atoms with Crippen molar-refractivity contribution >= 4 is 5.69 Å². The maximum absolute atomic E-state index is 4.26. The zero-order chi connectivity index (χ0) is 15.2. The summed E-state index contributed by atoms with van der Waals surface area (Å²) in [4.78, 5) is 2.36. The van der Waals surface area contributed by atoms with Gasteiger partial charge in [0.2, 0.25) is 0 Å². The summed E-state index contributed by atoms with van der Waals surface area (Å²) in [5.74, 6) is 0. The van der Waals surface area contributed by atoms with Gasteiger partial charge in [0.25, 0.3) is 0 Å². The lowest BCUT2D eigenvalue weighted by molar-refractivity contribution is 0.684. The van der Waals surface area contributed by atoms with Crippen LogP contribution in [0.1, 0.15) is 30.7 Å². The summed E-state index contributed by atoms with van der Waals surface area (Å²) in [7, 11) is 1.98. The molecule has 0 aliphatic carbocycles. The number of hydrogen-bond donors (Lipinski definition) is 1. The van der Waals surface area contributed by atoms with Crippen LogP contribution in [0.4, 0.5) is 5.69 Å². The standard InChI is InChI=1S/C17H26N4/c1-5-21(6-2)17-9-7-15(8-10-17)11-18-12-16-13-19-20(4)14(16)3/h7-10,13,18H,5-6,11-12H2,1-4H3. The van der Waals surface area contributed by atoms with Gasteiger partial charge >= 0.3 is 0 Å². The van der Waals surface area contributed by atoms with Gasteiger partial charge in [-0.1, -0.05) is 12.1 Å². The number of rotatable bonds is 7. The first-order valence-electron chi connectivity index (χ1n) is 7.67.